The van der Waals surface area contributed by atoms with Gasteiger partial charge in [-0.2, -0.15) is 0 Å². The van der Waals surface area contributed by atoms with Crippen LogP contribution in [0.5, 0.6) is 0 Å². The summed E-state index contributed by atoms with van der Waals surface area (Å²) in [6.45, 7) is 1.81. The highest BCUT2D eigenvalue weighted by atomic mass is 16.5. The number of alkyl carbamates (subject to hydrolysis) is 1. The van der Waals surface area contributed by atoms with Crippen LogP contribution in [-0.4, -0.2) is 27.1 Å². The van der Waals surface area contributed by atoms with Crippen LogP contribution >= 0.6 is 0 Å². The van der Waals surface area contributed by atoms with Gasteiger partial charge in [-0.1, -0.05) is 30.3 Å². The normalized spacial score (nSPS) is 11.5. The Bertz CT molecular complexity index is 676. The summed E-state index contributed by atoms with van der Waals surface area (Å²) in [6.07, 6.45) is 1.95. The predicted molar refractivity (Wildman–Crippen MR) is 81.5 cm³/mol. The molecule has 0 aliphatic carbocycles. The fourth-order valence-electron chi connectivity index (χ4n) is 2.06. The number of nitrogens with zero attached hydrogens (tertiary/aromatic N) is 2. The minimum atomic E-state index is -1.05. The van der Waals surface area contributed by atoms with E-state index in [9.17, 15) is 9.59 Å². The Morgan fingerprint density at radius 3 is 2.57 bits per heavy atom. The average molecular weight is 315 g/mol. The molecule has 0 spiro atoms. The number of hydrogen-bond donors (Lipinski definition) is 2. The summed E-state index contributed by atoms with van der Waals surface area (Å²) in [5.41, 5.74) is 1.81. The molecule has 2 aromatic rings. The molecule has 2 N–H and O–H groups in total. The molecule has 0 bridgehead atoms. The van der Waals surface area contributed by atoms with Gasteiger partial charge in [-0.15, -0.1) is 0 Å². The molecule has 1 aromatic carbocycles. The number of ether oxygens (including phenoxy) is 1. The fraction of sp³-hybridized carbons (Fsp3) is 0.250. The summed E-state index contributed by atoms with van der Waals surface area (Å²) >= 11 is 0. The molecule has 7 nitrogen and oxygen atoms in total. The van der Waals surface area contributed by atoms with Crippen LogP contribution in [0.3, 0.4) is 0 Å². The largest absolute Gasteiger partial charge is 0.481 e. The molecule has 0 aliphatic heterocycles. The highest BCUT2D eigenvalue weighted by Crippen LogP contribution is 2.17. The quantitative estimate of drug-likeness (QED) is 0.847. The third-order valence-corrected chi connectivity index (χ3v) is 3.13. The maximum Gasteiger partial charge on any atom is 0.408 e. The maximum atomic E-state index is 11.9. The molecule has 1 amide bonds. The highest BCUT2D eigenvalue weighted by molar-refractivity contribution is 5.71. The van der Waals surface area contributed by atoms with Crippen molar-refractivity contribution in [3.05, 3.63) is 59.7 Å². The molecule has 0 saturated carbocycles. The first-order valence-electron chi connectivity index (χ1n) is 7.02. The van der Waals surface area contributed by atoms with Gasteiger partial charge in [0.2, 0.25) is 0 Å². The van der Waals surface area contributed by atoms with E-state index in [4.69, 9.17) is 9.84 Å². The molecule has 1 atom stereocenters. The van der Waals surface area contributed by atoms with Crippen LogP contribution in [0.1, 0.15) is 29.4 Å². The first kappa shape index (κ1) is 16.4. The third-order valence-electron chi connectivity index (χ3n) is 3.13. The lowest BCUT2D eigenvalue weighted by Gasteiger charge is -2.17. The molecule has 2 rings (SSSR count). The van der Waals surface area contributed by atoms with Crippen molar-refractivity contribution in [1.29, 1.82) is 0 Å². The van der Waals surface area contributed by atoms with Crippen LogP contribution in [0.2, 0.25) is 0 Å². The van der Waals surface area contributed by atoms with Gasteiger partial charge >= 0.3 is 12.1 Å². The summed E-state index contributed by atoms with van der Waals surface area (Å²) in [7, 11) is 0. The van der Waals surface area contributed by atoms with Crippen LogP contribution in [0.15, 0.2) is 42.7 Å². The number of carbonyl (C=O) groups is 2. The minimum absolute atomic E-state index is 0.103. The van der Waals surface area contributed by atoms with Crippen molar-refractivity contribution < 1.29 is 19.4 Å². The van der Waals surface area contributed by atoms with Crippen molar-refractivity contribution in [1.82, 2.24) is 15.3 Å². The van der Waals surface area contributed by atoms with Crippen molar-refractivity contribution >= 4 is 12.1 Å². The lowest BCUT2D eigenvalue weighted by Crippen LogP contribution is -2.31. The molecule has 0 fully saturated rings. The average Bonchev–Trinajstić information content (AvgIpc) is 2.53. The summed E-state index contributed by atoms with van der Waals surface area (Å²) in [5.74, 6) is -1.05. The van der Waals surface area contributed by atoms with Crippen molar-refractivity contribution in [2.24, 2.45) is 0 Å². The van der Waals surface area contributed by atoms with Crippen LogP contribution in [-0.2, 0) is 16.1 Å². The molecule has 0 radical (unpaired) electrons. The number of hydrogen-bond acceptors (Lipinski definition) is 5. The first-order valence-corrected chi connectivity index (χ1v) is 7.02. The molecule has 1 aromatic heterocycles. The van der Waals surface area contributed by atoms with E-state index < -0.39 is 18.1 Å². The van der Waals surface area contributed by atoms with E-state index >= 15 is 0 Å². The second kappa shape index (κ2) is 7.88. The standard InChI is InChI=1S/C16H17N3O4/c1-11-15(18-8-7-17-11)13(9-14(20)21)19-16(22)23-10-12-5-3-2-4-6-12/h2-8,13H,9-10H2,1H3,(H,19,22)(H,20,21)/t13-/m1/s1. The monoisotopic (exact) mass is 315 g/mol. The summed E-state index contributed by atoms with van der Waals surface area (Å²) < 4.78 is 5.11. The molecular formula is C16H17N3O4. The van der Waals surface area contributed by atoms with Crippen LogP contribution in [0, 0.1) is 6.92 Å². The van der Waals surface area contributed by atoms with Gasteiger partial charge in [-0.3, -0.25) is 14.8 Å². The van der Waals surface area contributed by atoms with Gasteiger partial charge in [0, 0.05) is 12.4 Å². The van der Waals surface area contributed by atoms with Gasteiger partial charge in [0.25, 0.3) is 0 Å². The van der Waals surface area contributed by atoms with E-state index in [1.807, 2.05) is 30.3 Å². The van der Waals surface area contributed by atoms with Crippen LogP contribution in [0.25, 0.3) is 0 Å². The molecule has 0 saturated heterocycles. The fourth-order valence-corrected chi connectivity index (χ4v) is 2.06. The van der Waals surface area contributed by atoms with E-state index in [1.165, 1.54) is 12.4 Å². The maximum absolute atomic E-state index is 11.9. The number of carboxylic acid groups (broad SMARTS) is 1. The molecule has 23 heavy (non-hydrogen) atoms. The zero-order chi connectivity index (χ0) is 16.7. The second-order valence-corrected chi connectivity index (χ2v) is 4.88. The Labute approximate surface area is 133 Å². The van der Waals surface area contributed by atoms with Gasteiger partial charge in [-0.05, 0) is 12.5 Å². The molecule has 1 heterocycles. The second-order valence-electron chi connectivity index (χ2n) is 4.88. The number of aliphatic carboxylic acids is 1. The molecule has 0 unspecified atom stereocenters. The van der Waals surface area contributed by atoms with Crippen molar-refractivity contribution in [2.75, 3.05) is 0 Å². The van der Waals surface area contributed by atoms with Gasteiger partial charge in [-0.25, -0.2) is 4.79 Å². The molecule has 0 aliphatic rings. The zero-order valence-electron chi connectivity index (χ0n) is 12.6. The number of carboxylic acids is 1. The van der Waals surface area contributed by atoms with Crippen molar-refractivity contribution in [3.63, 3.8) is 0 Å². The number of aryl methyl sites for hydroxylation is 1. The summed E-state index contributed by atoms with van der Waals surface area (Å²) in [4.78, 5) is 31.1. The number of carbonyl (C=O) groups excluding carboxylic acids is 1. The number of nitrogens with one attached hydrogen (secondary N) is 1. The lowest BCUT2D eigenvalue weighted by atomic mass is 10.1. The number of amides is 1. The highest BCUT2D eigenvalue weighted by Gasteiger charge is 2.22. The predicted octanol–water partition coefficient (Wildman–Crippen LogP) is 2.23. The van der Waals surface area contributed by atoms with Gasteiger partial charge in [0.05, 0.1) is 23.9 Å². The Hall–Kier alpha value is -2.96. The molecule has 120 valence electrons. The van der Waals surface area contributed by atoms with E-state index in [-0.39, 0.29) is 13.0 Å². The Morgan fingerprint density at radius 2 is 1.91 bits per heavy atom. The number of rotatable bonds is 6. The molecular weight excluding hydrogens is 298 g/mol. The Kier molecular flexibility index (Phi) is 5.62. The lowest BCUT2D eigenvalue weighted by molar-refractivity contribution is -0.137. The first-order chi connectivity index (χ1) is 11.1. The Morgan fingerprint density at radius 1 is 1.22 bits per heavy atom. The third kappa shape index (κ3) is 5.06. The van der Waals surface area contributed by atoms with Gasteiger partial charge < -0.3 is 15.2 Å². The van der Waals surface area contributed by atoms with E-state index in [0.717, 1.165) is 5.56 Å². The molecule has 7 heteroatoms. The summed E-state index contributed by atoms with van der Waals surface area (Å²) in [5, 5.41) is 11.5. The van der Waals surface area contributed by atoms with Crippen molar-refractivity contribution in [3.8, 4) is 0 Å². The zero-order valence-corrected chi connectivity index (χ0v) is 12.6. The van der Waals surface area contributed by atoms with Crippen LogP contribution < -0.4 is 5.32 Å². The van der Waals surface area contributed by atoms with E-state index in [0.29, 0.717) is 11.4 Å². The SMILES string of the molecule is Cc1nccnc1[C@@H](CC(=O)O)NC(=O)OCc1ccccc1. The minimum Gasteiger partial charge on any atom is -0.481 e. The smallest absolute Gasteiger partial charge is 0.408 e. The topological polar surface area (TPSA) is 101 Å². The summed E-state index contributed by atoms with van der Waals surface area (Å²) in [6, 6.07) is 8.40. The van der Waals surface area contributed by atoms with E-state index in [2.05, 4.69) is 15.3 Å². The van der Waals surface area contributed by atoms with Crippen molar-refractivity contribution in [2.45, 2.75) is 26.0 Å². The van der Waals surface area contributed by atoms with E-state index in [1.54, 1.807) is 6.92 Å². The van der Waals surface area contributed by atoms with Crippen LogP contribution in [0.4, 0.5) is 4.79 Å². The number of aromatic nitrogens is 2. The number of benzene rings is 1. The van der Waals surface area contributed by atoms with Gasteiger partial charge in [0.15, 0.2) is 0 Å². The Balaban J connectivity index is 2.01. The van der Waals surface area contributed by atoms with Gasteiger partial charge in [0.1, 0.15) is 6.61 Å².